The van der Waals surface area contributed by atoms with E-state index in [0.717, 1.165) is 90.2 Å². The highest BCUT2D eigenvalue weighted by atomic mass is 16.6. The lowest BCUT2D eigenvalue weighted by atomic mass is 10.0. The summed E-state index contributed by atoms with van der Waals surface area (Å²) in [7, 11) is 0. The fourth-order valence-electron chi connectivity index (χ4n) is 9.13. The molecule has 0 bridgehead atoms. The van der Waals surface area contributed by atoms with Crippen LogP contribution >= 0.6 is 0 Å². The summed E-state index contributed by atoms with van der Waals surface area (Å²) in [6, 6.07) is 16.1. The van der Waals surface area contributed by atoms with E-state index >= 15 is 0 Å². The normalized spacial score (nSPS) is 14.3. The number of nitro benzene ring substituents is 3. The van der Waals surface area contributed by atoms with Gasteiger partial charge in [0.1, 0.15) is 17.5 Å². The number of nitro groups is 3. The molecule has 0 N–H and O–H groups in total. The third kappa shape index (κ3) is 20.9. The van der Waals surface area contributed by atoms with E-state index < -0.39 is 0 Å². The van der Waals surface area contributed by atoms with E-state index in [1.807, 2.05) is 20.8 Å². The zero-order valence-corrected chi connectivity index (χ0v) is 48.9. The molecule has 15 heteroatoms. The predicted octanol–water partition coefficient (Wildman–Crippen LogP) is 16.6. The number of non-ortho nitro benzene ring substituents is 3. The largest absolute Gasteiger partial charge is 0.360 e. The summed E-state index contributed by atoms with van der Waals surface area (Å²) >= 11 is 0. The first-order valence-corrected chi connectivity index (χ1v) is 27.4. The van der Waals surface area contributed by atoms with Crippen molar-refractivity contribution in [3.63, 3.8) is 0 Å². The molecule has 2 atom stereocenters. The smallest absolute Gasteiger partial charge is 0.269 e. The Balaban J connectivity index is 0.000000380. The summed E-state index contributed by atoms with van der Waals surface area (Å²) < 4.78 is 0. The van der Waals surface area contributed by atoms with Crippen LogP contribution in [0.15, 0.2) is 69.6 Å². The van der Waals surface area contributed by atoms with Crippen LogP contribution in [-0.4, -0.2) is 84.7 Å². The van der Waals surface area contributed by atoms with Crippen LogP contribution in [0.3, 0.4) is 0 Å². The van der Waals surface area contributed by atoms with E-state index in [1.165, 1.54) is 37.8 Å². The van der Waals surface area contributed by atoms with Gasteiger partial charge in [0.15, 0.2) is 0 Å². The monoisotopic (exact) mass is 1030 g/mol. The number of benzene rings is 3. The topological polar surface area (TPSA) is 176 Å². The number of aliphatic imine (C=N–C) groups is 3. The molecule has 0 aromatic heterocycles. The number of rotatable bonds is 21. The first-order chi connectivity index (χ1) is 34.6. The van der Waals surface area contributed by atoms with Crippen molar-refractivity contribution in [1.82, 2.24) is 14.7 Å². The van der Waals surface area contributed by atoms with E-state index in [4.69, 9.17) is 15.0 Å². The highest BCUT2D eigenvalue weighted by Crippen LogP contribution is 2.31. The molecule has 1 aliphatic rings. The van der Waals surface area contributed by atoms with Crippen molar-refractivity contribution in [2.45, 2.75) is 195 Å². The van der Waals surface area contributed by atoms with Gasteiger partial charge in [-0.05, 0) is 119 Å². The highest BCUT2D eigenvalue weighted by molar-refractivity contribution is 5.88. The second kappa shape index (κ2) is 31.2. The van der Waals surface area contributed by atoms with Crippen molar-refractivity contribution in [3.8, 4) is 0 Å². The Morgan fingerprint density at radius 1 is 0.527 bits per heavy atom. The maximum atomic E-state index is 11.0. The molecule has 0 amide bonds. The van der Waals surface area contributed by atoms with Gasteiger partial charge >= 0.3 is 0 Å². The van der Waals surface area contributed by atoms with Crippen LogP contribution in [0.1, 0.15) is 172 Å². The molecule has 0 heterocycles. The quantitative estimate of drug-likeness (QED) is 0.0435. The maximum Gasteiger partial charge on any atom is 0.269 e. The van der Waals surface area contributed by atoms with Crippen LogP contribution in [0.5, 0.6) is 0 Å². The lowest BCUT2D eigenvalue weighted by Gasteiger charge is -2.38. The predicted molar refractivity (Wildman–Crippen MR) is 310 cm³/mol. The van der Waals surface area contributed by atoms with Crippen molar-refractivity contribution < 1.29 is 14.8 Å². The Bertz CT molecular complexity index is 2330. The molecule has 0 saturated heterocycles. The molecule has 1 aliphatic carbocycles. The van der Waals surface area contributed by atoms with Gasteiger partial charge in [-0.25, -0.2) is 15.0 Å². The van der Waals surface area contributed by atoms with Gasteiger partial charge in [0.2, 0.25) is 0 Å². The molecule has 1 fully saturated rings. The van der Waals surface area contributed by atoms with Gasteiger partial charge in [-0.1, -0.05) is 110 Å². The van der Waals surface area contributed by atoms with Gasteiger partial charge in [0, 0.05) is 92.4 Å². The summed E-state index contributed by atoms with van der Waals surface area (Å²) in [4.78, 5) is 53.9. The first kappa shape index (κ1) is 64.4. The zero-order chi connectivity index (χ0) is 56.1. The molecule has 4 rings (SSSR count). The molecular weight excluding hydrogens is 931 g/mol. The van der Waals surface area contributed by atoms with E-state index in [0.29, 0.717) is 47.7 Å². The maximum absolute atomic E-state index is 11.0. The second-order valence-corrected chi connectivity index (χ2v) is 22.7. The van der Waals surface area contributed by atoms with E-state index in [9.17, 15) is 30.3 Å². The van der Waals surface area contributed by atoms with Crippen molar-refractivity contribution in [1.29, 1.82) is 0 Å². The van der Waals surface area contributed by atoms with Gasteiger partial charge < -0.3 is 14.7 Å². The Kier molecular flexibility index (Phi) is 27.2. The van der Waals surface area contributed by atoms with Crippen LogP contribution in [-0.2, 0) is 0 Å². The molecule has 3 aromatic rings. The van der Waals surface area contributed by atoms with Crippen LogP contribution in [0.25, 0.3) is 0 Å². The molecule has 2 unspecified atom stereocenters. The van der Waals surface area contributed by atoms with Crippen LogP contribution in [0.4, 0.5) is 34.1 Å². The van der Waals surface area contributed by atoms with Crippen LogP contribution < -0.4 is 0 Å². The fraction of sp³-hybridized carbons (Fsp3) is 0.644. The molecule has 3 aromatic carbocycles. The number of amidine groups is 3. The Morgan fingerprint density at radius 2 is 0.878 bits per heavy atom. The minimum Gasteiger partial charge on any atom is -0.360 e. The Morgan fingerprint density at radius 3 is 1.18 bits per heavy atom. The summed E-state index contributed by atoms with van der Waals surface area (Å²) in [6.45, 7) is 43.9. The molecule has 0 aliphatic heterocycles. The third-order valence-corrected chi connectivity index (χ3v) is 13.1. The number of aryl methyl sites for hydroxylation is 3. The third-order valence-electron chi connectivity index (χ3n) is 13.1. The lowest BCUT2D eigenvalue weighted by Crippen LogP contribution is -2.46. The van der Waals surface area contributed by atoms with Crippen molar-refractivity contribution in [3.05, 3.63) is 102 Å². The molecule has 412 valence electrons. The van der Waals surface area contributed by atoms with E-state index in [1.54, 1.807) is 42.5 Å². The van der Waals surface area contributed by atoms with E-state index in [2.05, 4.69) is 125 Å². The average Bonchev–Trinajstić information content (AvgIpc) is 3.85. The van der Waals surface area contributed by atoms with Crippen LogP contribution in [0, 0.1) is 86.6 Å². The summed E-state index contributed by atoms with van der Waals surface area (Å²) in [5.41, 5.74) is 5.32. The van der Waals surface area contributed by atoms with Gasteiger partial charge in [0.25, 0.3) is 17.1 Å². The molecular formula is C59H95N9O6. The van der Waals surface area contributed by atoms with Crippen molar-refractivity contribution in [2.75, 3.05) is 19.6 Å². The number of hydrogen-bond acceptors (Lipinski definition) is 9. The summed E-state index contributed by atoms with van der Waals surface area (Å²) in [6.07, 6.45) is 8.05. The van der Waals surface area contributed by atoms with Gasteiger partial charge in [-0.3, -0.25) is 30.3 Å². The fourth-order valence-corrected chi connectivity index (χ4v) is 9.13. The van der Waals surface area contributed by atoms with Gasteiger partial charge in [-0.15, -0.1) is 0 Å². The summed E-state index contributed by atoms with van der Waals surface area (Å²) in [5, 5.41) is 32.8. The zero-order valence-electron chi connectivity index (χ0n) is 48.9. The Hall–Kier alpha value is -5.73. The first-order valence-electron chi connectivity index (χ1n) is 27.4. The lowest BCUT2D eigenvalue weighted by molar-refractivity contribution is -0.385. The standard InChI is InChI=1S/C20H31N3O2.C20H33N3O2.C19H31N3O2/c1-14(2)13-22(17-8-6-7-9-17)20(15(3)4)21-19-11-10-18(23(24)25)12-16(19)5;1-14(2)10-20(22(12-15(3)4)13-16(5)6)21-19-9-8-18(23(24)25)11-17(19)7;1-8-15(6)21(16(7)9-2)19(13(3)4)20-18-11-10-17(22(23)24)12-14(18)5/h10-12,14-15,17H,6-9,13H2,1-5H3;8-9,11,14-16H,10,12-13H2,1-7H3;10-13,15-16H,8-9H2,1-7H3. The van der Waals surface area contributed by atoms with Gasteiger partial charge in [0.05, 0.1) is 31.8 Å². The molecule has 74 heavy (non-hydrogen) atoms. The second-order valence-electron chi connectivity index (χ2n) is 22.7. The average molecular weight is 1030 g/mol. The van der Waals surface area contributed by atoms with E-state index in [-0.39, 0.29) is 37.7 Å². The Labute approximate surface area is 445 Å². The SMILES string of the molecule is CCC(C)N(C(=Nc1ccc([N+](=O)[O-])cc1C)C(C)C)C(C)CC.Cc1cc([N+](=O)[O-])ccc1N=C(C(C)C)N(CC(C)C)C1CCCC1.Cc1cc([N+](=O)[O-])ccc1N=C(CC(C)C)N(CC(C)C)CC(C)C. The number of nitrogens with zero attached hydrogens (tertiary/aromatic N) is 9. The van der Waals surface area contributed by atoms with Crippen molar-refractivity contribution in [2.24, 2.45) is 50.5 Å². The van der Waals surface area contributed by atoms with Gasteiger partial charge in [-0.2, -0.15) is 0 Å². The number of hydrogen-bond donors (Lipinski definition) is 0. The molecule has 15 nitrogen and oxygen atoms in total. The molecule has 0 radical (unpaired) electrons. The molecule has 1 saturated carbocycles. The van der Waals surface area contributed by atoms with Crippen LogP contribution in [0.2, 0.25) is 0 Å². The minimum absolute atomic E-state index is 0.109. The summed E-state index contributed by atoms with van der Waals surface area (Å²) in [5.74, 6) is 6.00. The minimum atomic E-state index is -0.367. The van der Waals surface area contributed by atoms with Crippen molar-refractivity contribution >= 4 is 51.6 Å². The highest BCUT2D eigenvalue weighted by Gasteiger charge is 2.28. The molecule has 0 spiro atoms.